The van der Waals surface area contributed by atoms with Crippen LogP contribution in [0.4, 0.5) is 10.5 Å². The van der Waals surface area contributed by atoms with Crippen LogP contribution in [0.15, 0.2) is 24.3 Å². The molecule has 1 N–H and O–H groups in total. The third kappa shape index (κ3) is 4.01. The molecule has 0 aliphatic carbocycles. The molecule has 5 heteroatoms. The average molecular weight is 331 g/mol. The number of ether oxygens (including phenoxy) is 1. The molecule has 0 saturated carbocycles. The lowest BCUT2D eigenvalue weighted by Gasteiger charge is -2.45. The summed E-state index contributed by atoms with van der Waals surface area (Å²) in [6.45, 7) is 3.31. The number of carbonyl (C=O) groups excluding carboxylic acids is 1. The number of hydrogen-bond donors (Lipinski definition) is 1. The highest BCUT2D eigenvalue weighted by Crippen LogP contribution is 2.31. The van der Waals surface area contributed by atoms with E-state index in [4.69, 9.17) is 4.74 Å². The first-order valence-electron chi connectivity index (χ1n) is 9.07. The molecule has 24 heavy (non-hydrogen) atoms. The lowest BCUT2D eigenvalue weighted by molar-refractivity contribution is 0.0495. The molecule has 0 spiro atoms. The highest BCUT2D eigenvalue weighted by molar-refractivity contribution is 5.89. The molecular formula is C19H29N3O2. The fourth-order valence-electron chi connectivity index (χ4n) is 4.12. The van der Waals surface area contributed by atoms with Crippen LogP contribution in [-0.2, 0) is 0 Å². The zero-order chi connectivity index (χ0) is 16.9. The van der Waals surface area contributed by atoms with Crippen molar-refractivity contribution >= 4 is 11.7 Å². The van der Waals surface area contributed by atoms with Crippen LogP contribution in [0.2, 0.25) is 0 Å². The molecule has 2 aliphatic rings. The van der Waals surface area contributed by atoms with Gasteiger partial charge in [-0.25, -0.2) is 4.79 Å². The number of piperidine rings is 2. The van der Waals surface area contributed by atoms with E-state index in [2.05, 4.69) is 10.2 Å². The van der Waals surface area contributed by atoms with E-state index in [1.807, 2.05) is 36.2 Å². The second-order valence-electron chi connectivity index (χ2n) is 7.04. The summed E-state index contributed by atoms with van der Waals surface area (Å²) in [5, 5.41) is 2.97. The van der Waals surface area contributed by atoms with Crippen LogP contribution < -0.4 is 10.1 Å². The number of anilines is 1. The van der Waals surface area contributed by atoms with Gasteiger partial charge in [0.05, 0.1) is 7.11 Å². The summed E-state index contributed by atoms with van der Waals surface area (Å²) in [6.07, 6.45) is 6.45. The van der Waals surface area contributed by atoms with Crippen molar-refractivity contribution in [2.45, 2.75) is 38.1 Å². The van der Waals surface area contributed by atoms with Crippen LogP contribution in [0.3, 0.4) is 0 Å². The van der Waals surface area contributed by atoms with Crippen LogP contribution >= 0.6 is 0 Å². The summed E-state index contributed by atoms with van der Waals surface area (Å²) >= 11 is 0. The molecule has 2 atom stereocenters. The Morgan fingerprint density at radius 1 is 1.21 bits per heavy atom. The van der Waals surface area contributed by atoms with Crippen molar-refractivity contribution in [2.24, 2.45) is 5.92 Å². The number of nitrogens with zero attached hydrogens (tertiary/aromatic N) is 2. The van der Waals surface area contributed by atoms with Gasteiger partial charge in [-0.1, -0.05) is 6.42 Å². The zero-order valence-corrected chi connectivity index (χ0v) is 14.8. The standard InChI is InChI=1S/C19H29N3O2/c1-21(19(23)20-16-8-10-17(24-2)11-9-16)14-15-6-5-13-22-12-4-3-7-18(15)22/h8-11,15,18H,3-7,12-14H2,1-2H3,(H,20,23)/t15-,18+/m0/s1. The molecule has 2 amide bonds. The number of urea groups is 1. The molecule has 132 valence electrons. The van der Waals surface area contributed by atoms with E-state index < -0.39 is 0 Å². The molecule has 0 radical (unpaired) electrons. The summed E-state index contributed by atoms with van der Waals surface area (Å²) < 4.78 is 5.14. The third-order valence-electron chi connectivity index (χ3n) is 5.42. The van der Waals surface area contributed by atoms with E-state index in [0.717, 1.165) is 18.0 Å². The number of rotatable bonds is 4. The highest BCUT2D eigenvalue weighted by Gasteiger charge is 2.33. The van der Waals surface area contributed by atoms with E-state index in [1.54, 1.807) is 7.11 Å². The quantitative estimate of drug-likeness (QED) is 0.919. The molecule has 2 saturated heterocycles. The number of carbonyl (C=O) groups is 1. The van der Waals surface area contributed by atoms with Gasteiger partial charge in [-0.05, 0) is 69.0 Å². The van der Waals surface area contributed by atoms with Crippen LogP contribution in [-0.4, -0.2) is 55.7 Å². The monoisotopic (exact) mass is 331 g/mol. The fraction of sp³-hybridized carbons (Fsp3) is 0.632. The van der Waals surface area contributed by atoms with E-state index in [1.165, 1.54) is 45.2 Å². The molecule has 5 nitrogen and oxygen atoms in total. The summed E-state index contributed by atoms with van der Waals surface area (Å²) in [6, 6.07) is 8.09. The average Bonchev–Trinajstić information content (AvgIpc) is 2.62. The van der Waals surface area contributed by atoms with Crippen LogP contribution in [0.25, 0.3) is 0 Å². The largest absolute Gasteiger partial charge is 0.497 e. The van der Waals surface area contributed by atoms with Crippen molar-refractivity contribution in [3.8, 4) is 5.75 Å². The van der Waals surface area contributed by atoms with Gasteiger partial charge in [0.15, 0.2) is 0 Å². The first-order chi connectivity index (χ1) is 11.7. The summed E-state index contributed by atoms with van der Waals surface area (Å²) in [5.41, 5.74) is 0.801. The van der Waals surface area contributed by atoms with E-state index in [9.17, 15) is 4.79 Å². The molecule has 2 aliphatic heterocycles. The first-order valence-corrected chi connectivity index (χ1v) is 9.07. The topological polar surface area (TPSA) is 44.8 Å². The summed E-state index contributed by atoms with van der Waals surface area (Å²) in [5.74, 6) is 1.40. The summed E-state index contributed by atoms with van der Waals surface area (Å²) in [4.78, 5) is 17.0. The molecule has 1 aromatic carbocycles. The summed E-state index contributed by atoms with van der Waals surface area (Å²) in [7, 11) is 3.54. The maximum absolute atomic E-state index is 12.5. The van der Waals surface area contributed by atoms with E-state index in [-0.39, 0.29) is 6.03 Å². The Bertz CT molecular complexity index is 544. The van der Waals surface area contributed by atoms with Crippen LogP contribution in [0.5, 0.6) is 5.75 Å². The predicted octanol–water partition coefficient (Wildman–Crippen LogP) is 3.42. The maximum atomic E-state index is 12.5. The van der Waals surface area contributed by atoms with Crippen molar-refractivity contribution in [2.75, 3.05) is 39.1 Å². The molecule has 0 unspecified atom stereocenters. The number of methoxy groups -OCH3 is 1. The van der Waals surface area contributed by atoms with E-state index in [0.29, 0.717) is 12.0 Å². The Labute approximate surface area is 145 Å². The molecule has 0 bridgehead atoms. The minimum atomic E-state index is -0.0342. The zero-order valence-electron chi connectivity index (χ0n) is 14.8. The van der Waals surface area contributed by atoms with Gasteiger partial charge in [-0.2, -0.15) is 0 Å². The van der Waals surface area contributed by atoms with Crippen molar-refractivity contribution in [3.05, 3.63) is 24.3 Å². The van der Waals surface area contributed by atoms with Crippen LogP contribution in [0, 0.1) is 5.92 Å². The Morgan fingerprint density at radius 3 is 2.71 bits per heavy atom. The molecule has 0 aromatic heterocycles. The van der Waals surface area contributed by atoms with Crippen molar-refractivity contribution in [1.29, 1.82) is 0 Å². The van der Waals surface area contributed by atoms with E-state index >= 15 is 0 Å². The van der Waals surface area contributed by atoms with Gasteiger partial charge >= 0.3 is 6.03 Å². The lowest BCUT2D eigenvalue weighted by Crippen LogP contribution is -2.51. The van der Waals surface area contributed by atoms with Crippen molar-refractivity contribution < 1.29 is 9.53 Å². The maximum Gasteiger partial charge on any atom is 0.321 e. The van der Waals surface area contributed by atoms with Gasteiger partial charge in [0.2, 0.25) is 0 Å². The lowest BCUT2D eigenvalue weighted by atomic mass is 9.83. The normalized spacial score (nSPS) is 24.1. The van der Waals surface area contributed by atoms with Gasteiger partial charge in [0.1, 0.15) is 5.75 Å². The minimum absolute atomic E-state index is 0.0342. The predicted molar refractivity (Wildman–Crippen MR) is 96.6 cm³/mol. The van der Waals surface area contributed by atoms with Gasteiger partial charge in [0, 0.05) is 25.3 Å². The molecule has 1 aromatic rings. The van der Waals surface area contributed by atoms with Gasteiger partial charge in [-0.3, -0.25) is 0 Å². The van der Waals surface area contributed by atoms with Crippen LogP contribution in [0.1, 0.15) is 32.1 Å². The molecule has 2 fully saturated rings. The van der Waals surface area contributed by atoms with Gasteiger partial charge in [0.25, 0.3) is 0 Å². The number of amides is 2. The van der Waals surface area contributed by atoms with Crippen molar-refractivity contribution in [3.63, 3.8) is 0 Å². The minimum Gasteiger partial charge on any atom is -0.497 e. The molecular weight excluding hydrogens is 302 g/mol. The number of fused-ring (bicyclic) bond motifs is 1. The third-order valence-corrected chi connectivity index (χ3v) is 5.42. The second kappa shape index (κ2) is 7.88. The Hall–Kier alpha value is -1.75. The SMILES string of the molecule is COc1ccc(NC(=O)N(C)C[C@@H]2CCCN3CCCC[C@H]23)cc1. The Balaban J connectivity index is 1.54. The smallest absolute Gasteiger partial charge is 0.321 e. The first kappa shape index (κ1) is 17.1. The molecule has 3 rings (SSSR count). The Morgan fingerprint density at radius 2 is 1.96 bits per heavy atom. The second-order valence-corrected chi connectivity index (χ2v) is 7.04. The van der Waals surface area contributed by atoms with Crippen molar-refractivity contribution in [1.82, 2.24) is 9.80 Å². The Kier molecular flexibility index (Phi) is 5.61. The highest BCUT2D eigenvalue weighted by atomic mass is 16.5. The molecule has 2 heterocycles. The van der Waals surface area contributed by atoms with Gasteiger partial charge < -0.3 is 19.9 Å². The fourth-order valence-corrected chi connectivity index (χ4v) is 4.12. The number of benzene rings is 1. The number of hydrogen-bond acceptors (Lipinski definition) is 3. The number of nitrogens with one attached hydrogen (secondary N) is 1. The van der Waals surface area contributed by atoms with Gasteiger partial charge in [-0.15, -0.1) is 0 Å².